The zero-order valence-corrected chi connectivity index (χ0v) is 14.5. The fourth-order valence-corrected chi connectivity index (χ4v) is 2.36. The van der Waals surface area contributed by atoms with Gasteiger partial charge in [-0.2, -0.15) is 13.2 Å². The van der Waals surface area contributed by atoms with Crippen LogP contribution in [0.3, 0.4) is 0 Å². The summed E-state index contributed by atoms with van der Waals surface area (Å²) in [5.41, 5.74) is 0.151. The highest BCUT2D eigenvalue weighted by molar-refractivity contribution is 5.91. The largest absolute Gasteiger partial charge is 0.416 e. The molecule has 2 aromatic carbocycles. The van der Waals surface area contributed by atoms with E-state index >= 15 is 0 Å². The van der Waals surface area contributed by atoms with E-state index < -0.39 is 17.6 Å². The van der Waals surface area contributed by atoms with Gasteiger partial charge in [-0.3, -0.25) is 9.59 Å². The Labute approximate surface area is 153 Å². The molecule has 2 aromatic rings. The summed E-state index contributed by atoms with van der Waals surface area (Å²) in [6.45, 7) is 1.71. The van der Waals surface area contributed by atoms with Crippen molar-refractivity contribution in [2.45, 2.75) is 26.1 Å². The SMILES string of the molecule is CC(=O)N(CCC(=O)Nc1ccc(C(F)(F)F)cc1)Cc1ccc(F)cc1. The Morgan fingerprint density at radius 2 is 1.59 bits per heavy atom. The second-order valence-electron chi connectivity index (χ2n) is 5.94. The Bertz CT molecular complexity index is 787. The molecule has 1 N–H and O–H groups in total. The molecule has 144 valence electrons. The van der Waals surface area contributed by atoms with E-state index in [9.17, 15) is 27.2 Å². The van der Waals surface area contributed by atoms with Crippen LogP contribution in [-0.4, -0.2) is 23.3 Å². The highest BCUT2D eigenvalue weighted by Crippen LogP contribution is 2.29. The number of carbonyl (C=O) groups is 2. The van der Waals surface area contributed by atoms with Crippen molar-refractivity contribution in [1.82, 2.24) is 4.90 Å². The predicted molar refractivity (Wildman–Crippen MR) is 92.2 cm³/mol. The summed E-state index contributed by atoms with van der Waals surface area (Å²) >= 11 is 0. The monoisotopic (exact) mass is 382 g/mol. The molecule has 27 heavy (non-hydrogen) atoms. The first-order chi connectivity index (χ1) is 12.6. The summed E-state index contributed by atoms with van der Waals surface area (Å²) in [6.07, 6.45) is -4.47. The third kappa shape index (κ3) is 6.40. The number of nitrogens with one attached hydrogen (secondary N) is 1. The van der Waals surface area contributed by atoms with Crippen LogP contribution in [-0.2, 0) is 22.3 Å². The van der Waals surface area contributed by atoms with Gasteiger partial charge in [0.25, 0.3) is 0 Å². The Morgan fingerprint density at radius 3 is 2.11 bits per heavy atom. The summed E-state index contributed by atoms with van der Waals surface area (Å²) in [5, 5.41) is 2.49. The average molecular weight is 382 g/mol. The fraction of sp³-hybridized carbons (Fsp3) is 0.263. The van der Waals surface area contributed by atoms with Crippen LogP contribution in [0.1, 0.15) is 24.5 Å². The van der Waals surface area contributed by atoms with E-state index in [0.717, 1.165) is 17.7 Å². The Morgan fingerprint density at radius 1 is 1.00 bits per heavy atom. The molecule has 0 unspecified atom stereocenters. The third-order valence-electron chi connectivity index (χ3n) is 3.84. The van der Waals surface area contributed by atoms with Gasteiger partial charge < -0.3 is 10.2 Å². The molecule has 0 aliphatic heterocycles. The van der Waals surface area contributed by atoms with E-state index in [1.165, 1.54) is 36.1 Å². The first-order valence-electron chi connectivity index (χ1n) is 8.12. The Kier molecular flexibility index (Phi) is 6.55. The predicted octanol–water partition coefficient (Wildman–Crippen LogP) is 4.22. The van der Waals surface area contributed by atoms with Gasteiger partial charge in [0, 0.05) is 32.1 Å². The van der Waals surface area contributed by atoms with E-state index in [-0.39, 0.29) is 36.9 Å². The molecule has 2 rings (SSSR count). The van der Waals surface area contributed by atoms with Crippen molar-refractivity contribution in [3.63, 3.8) is 0 Å². The highest BCUT2D eigenvalue weighted by Gasteiger charge is 2.30. The van der Waals surface area contributed by atoms with Crippen LogP contribution in [0.4, 0.5) is 23.2 Å². The van der Waals surface area contributed by atoms with Gasteiger partial charge in [-0.25, -0.2) is 4.39 Å². The van der Waals surface area contributed by atoms with Gasteiger partial charge in [-0.1, -0.05) is 12.1 Å². The van der Waals surface area contributed by atoms with Crippen molar-refractivity contribution in [1.29, 1.82) is 0 Å². The molecule has 0 spiro atoms. The number of amides is 2. The minimum atomic E-state index is -4.44. The minimum absolute atomic E-state index is 0.0260. The molecule has 2 amide bonds. The summed E-state index contributed by atoms with van der Waals surface area (Å²) < 4.78 is 50.5. The van der Waals surface area contributed by atoms with Crippen molar-refractivity contribution < 1.29 is 27.2 Å². The topological polar surface area (TPSA) is 49.4 Å². The van der Waals surface area contributed by atoms with Crippen LogP contribution in [0.15, 0.2) is 48.5 Å². The van der Waals surface area contributed by atoms with Gasteiger partial charge in [-0.05, 0) is 42.0 Å². The molecule has 0 radical (unpaired) electrons. The van der Waals surface area contributed by atoms with E-state index in [1.807, 2.05) is 0 Å². The number of hydrogen-bond donors (Lipinski definition) is 1. The van der Waals surface area contributed by atoms with Gasteiger partial charge in [0.15, 0.2) is 0 Å². The molecule has 0 atom stereocenters. The molecule has 0 aromatic heterocycles. The van der Waals surface area contributed by atoms with Crippen LogP contribution in [0.2, 0.25) is 0 Å². The summed E-state index contributed by atoms with van der Waals surface area (Å²) in [6, 6.07) is 9.76. The molecular formula is C19H18F4N2O2. The van der Waals surface area contributed by atoms with Gasteiger partial charge in [0.05, 0.1) is 5.56 Å². The summed E-state index contributed by atoms with van der Waals surface area (Å²) in [7, 11) is 0. The van der Waals surface area contributed by atoms with E-state index in [1.54, 1.807) is 12.1 Å². The normalized spacial score (nSPS) is 11.1. The molecule has 0 aliphatic carbocycles. The molecule has 0 saturated carbocycles. The standard InChI is InChI=1S/C19H18F4N2O2/c1-13(26)25(12-14-2-6-16(20)7-3-14)11-10-18(27)24-17-8-4-15(5-9-17)19(21,22)23/h2-9H,10-12H2,1H3,(H,24,27). The van der Waals surface area contributed by atoms with Crippen molar-refractivity contribution in [2.75, 3.05) is 11.9 Å². The average Bonchev–Trinajstić information content (AvgIpc) is 2.59. The van der Waals surface area contributed by atoms with Gasteiger partial charge in [0.2, 0.25) is 11.8 Å². The van der Waals surface area contributed by atoms with Crippen LogP contribution in [0, 0.1) is 5.82 Å². The number of rotatable bonds is 6. The lowest BCUT2D eigenvalue weighted by Gasteiger charge is -2.21. The number of anilines is 1. The maximum absolute atomic E-state index is 12.9. The van der Waals surface area contributed by atoms with Crippen LogP contribution < -0.4 is 5.32 Å². The molecule has 0 bridgehead atoms. The molecule has 0 aliphatic rings. The first kappa shape index (κ1) is 20.4. The quantitative estimate of drug-likeness (QED) is 0.761. The Hall–Kier alpha value is -2.90. The number of benzene rings is 2. The molecular weight excluding hydrogens is 364 g/mol. The fourth-order valence-electron chi connectivity index (χ4n) is 2.36. The lowest BCUT2D eigenvalue weighted by molar-refractivity contribution is -0.137. The number of hydrogen-bond acceptors (Lipinski definition) is 2. The van der Waals surface area contributed by atoms with Gasteiger partial charge >= 0.3 is 6.18 Å². The zero-order chi connectivity index (χ0) is 20.0. The smallest absolute Gasteiger partial charge is 0.338 e. The second-order valence-corrected chi connectivity index (χ2v) is 5.94. The van der Waals surface area contributed by atoms with Crippen LogP contribution >= 0.6 is 0 Å². The number of carbonyl (C=O) groups excluding carboxylic acids is 2. The minimum Gasteiger partial charge on any atom is -0.338 e. The van der Waals surface area contributed by atoms with Gasteiger partial charge in [-0.15, -0.1) is 0 Å². The van der Waals surface area contributed by atoms with Crippen molar-refractivity contribution in [2.24, 2.45) is 0 Å². The molecule has 0 saturated heterocycles. The van der Waals surface area contributed by atoms with E-state index in [4.69, 9.17) is 0 Å². The van der Waals surface area contributed by atoms with E-state index in [0.29, 0.717) is 0 Å². The van der Waals surface area contributed by atoms with E-state index in [2.05, 4.69) is 5.32 Å². The first-order valence-corrected chi connectivity index (χ1v) is 8.12. The lowest BCUT2D eigenvalue weighted by Crippen LogP contribution is -2.31. The van der Waals surface area contributed by atoms with Crippen molar-refractivity contribution in [3.05, 3.63) is 65.5 Å². The van der Waals surface area contributed by atoms with Crippen LogP contribution in [0.5, 0.6) is 0 Å². The van der Waals surface area contributed by atoms with Crippen molar-refractivity contribution >= 4 is 17.5 Å². The number of halogens is 4. The van der Waals surface area contributed by atoms with Gasteiger partial charge in [0.1, 0.15) is 5.82 Å². The maximum atomic E-state index is 12.9. The summed E-state index contributed by atoms with van der Waals surface area (Å²) in [4.78, 5) is 25.2. The number of nitrogens with zero attached hydrogens (tertiary/aromatic N) is 1. The van der Waals surface area contributed by atoms with Crippen LogP contribution in [0.25, 0.3) is 0 Å². The maximum Gasteiger partial charge on any atom is 0.416 e. The zero-order valence-electron chi connectivity index (χ0n) is 14.5. The second kappa shape index (κ2) is 8.66. The lowest BCUT2D eigenvalue weighted by atomic mass is 10.2. The summed E-state index contributed by atoms with van der Waals surface area (Å²) in [5.74, 6) is -1.06. The molecule has 8 heteroatoms. The molecule has 0 fully saturated rings. The van der Waals surface area contributed by atoms with Crippen molar-refractivity contribution in [3.8, 4) is 0 Å². The highest BCUT2D eigenvalue weighted by atomic mass is 19.4. The molecule has 4 nitrogen and oxygen atoms in total. The Balaban J connectivity index is 1.90. The molecule has 0 heterocycles. The number of alkyl halides is 3. The third-order valence-corrected chi connectivity index (χ3v) is 3.84.